The molecule has 1 N–H and O–H groups in total. The van der Waals surface area contributed by atoms with E-state index in [4.69, 9.17) is 9.84 Å². The fourth-order valence-electron chi connectivity index (χ4n) is 1.62. The van der Waals surface area contributed by atoms with Crippen LogP contribution < -0.4 is 0 Å². The van der Waals surface area contributed by atoms with Gasteiger partial charge in [0, 0.05) is 13.0 Å². The third kappa shape index (κ3) is 7.32. The highest BCUT2D eigenvalue weighted by Gasteiger charge is 2.28. The first-order valence-corrected chi connectivity index (χ1v) is 9.90. The van der Waals surface area contributed by atoms with Gasteiger partial charge in [-0.05, 0) is 19.8 Å². The zero-order chi connectivity index (χ0) is 14.2. The maximum absolute atomic E-state index is 11.8. The van der Waals surface area contributed by atoms with Crippen molar-refractivity contribution in [3.63, 3.8) is 0 Å². The molecule has 1 amide bonds. The highest BCUT2D eigenvalue weighted by atomic mass is 28.3. The van der Waals surface area contributed by atoms with Crippen LogP contribution in [0.15, 0.2) is 0 Å². The minimum absolute atomic E-state index is 0.201. The Labute approximate surface area is 110 Å². The van der Waals surface area contributed by atoms with Crippen molar-refractivity contribution in [2.75, 3.05) is 13.2 Å². The highest BCUT2D eigenvalue weighted by molar-refractivity contribution is 6.75. The zero-order valence-electron chi connectivity index (χ0n) is 11.9. The first-order valence-electron chi connectivity index (χ1n) is 6.45. The molecule has 0 atom stereocenters. The summed E-state index contributed by atoms with van der Waals surface area (Å²) in [6, 6.07) is 0. The van der Waals surface area contributed by atoms with Crippen LogP contribution in [0.1, 0.15) is 32.6 Å². The molecule has 0 rings (SSSR count). The lowest BCUT2D eigenvalue weighted by Crippen LogP contribution is -2.50. The van der Waals surface area contributed by atoms with Gasteiger partial charge in [-0.15, -0.1) is 0 Å². The molecule has 0 fully saturated rings. The van der Waals surface area contributed by atoms with E-state index >= 15 is 0 Å². The number of carboxylic acids is 1. The SMILES string of the molecule is CCOC(=O)N(CCCCCC(=O)O)[Si](C)(C)C. The molecular formula is C12H25NO4Si. The topological polar surface area (TPSA) is 66.8 Å². The standard InChI is InChI=1S/C12H25NO4Si/c1-5-17-12(16)13(18(2,3)4)10-8-6-7-9-11(14)15/h5-10H2,1-4H3,(H,14,15). The van der Waals surface area contributed by atoms with Gasteiger partial charge in [0.25, 0.3) is 0 Å². The number of amides is 1. The van der Waals surface area contributed by atoms with E-state index in [0.29, 0.717) is 19.6 Å². The largest absolute Gasteiger partial charge is 0.481 e. The second kappa shape index (κ2) is 8.13. The Balaban J connectivity index is 4.11. The van der Waals surface area contributed by atoms with Crippen LogP contribution in [0.5, 0.6) is 0 Å². The second-order valence-electron chi connectivity index (χ2n) is 5.23. The van der Waals surface area contributed by atoms with Gasteiger partial charge in [-0.1, -0.05) is 26.1 Å². The van der Waals surface area contributed by atoms with E-state index in [1.165, 1.54) is 0 Å². The average Bonchev–Trinajstić information content (AvgIpc) is 2.21. The summed E-state index contributed by atoms with van der Waals surface area (Å²) in [5, 5.41) is 8.53. The van der Waals surface area contributed by atoms with Crippen molar-refractivity contribution in [3.8, 4) is 0 Å². The van der Waals surface area contributed by atoms with E-state index in [1.807, 2.05) is 4.57 Å². The summed E-state index contributed by atoms with van der Waals surface area (Å²) in [4.78, 5) is 22.2. The number of hydrogen-bond donors (Lipinski definition) is 1. The van der Waals surface area contributed by atoms with E-state index < -0.39 is 14.2 Å². The van der Waals surface area contributed by atoms with Gasteiger partial charge < -0.3 is 14.4 Å². The van der Waals surface area contributed by atoms with Crippen molar-refractivity contribution in [2.24, 2.45) is 0 Å². The lowest BCUT2D eigenvalue weighted by Gasteiger charge is -2.33. The molecule has 0 aliphatic carbocycles. The molecular weight excluding hydrogens is 250 g/mol. The molecule has 0 aliphatic rings. The average molecular weight is 275 g/mol. The molecule has 0 saturated heterocycles. The van der Waals surface area contributed by atoms with Crippen LogP contribution in [-0.2, 0) is 9.53 Å². The third-order valence-corrected chi connectivity index (χ3v) is 4.60. The van der Waals surface area contributed by atoms with Crippen molar-refractivity contribution >= 4 is 20.3 Å². The Hall–Kier alpha value is -1.04. The maximum atomic E-state index is 11.8. The number of nitrogens with zero attached hydrogens (tertiary/aromatic N) is 1. The number of carbonyl (C=O) groups is 2. The number of rotatable bonds is 8. The Bertz CT molecular complexity index is 276. The maximum Gasteiger partial charge on any atom is 0.401 e. The van der Waals surface area contributed by atoms with Crippen molar-refractivity contribution in [1.29, 1.82) is 0 Å². The Morgan fingerprint density at radius 1 is 1.17 bits per heavy atom. The summed E-state index contributed by atoms with van der Waals surface area (Å²) in [7, 11) is -1.73. The van der Waals surface area contributed by atoms with Gasteiger partial charge in [0.05, 0.1) is 6.61 Å². The number of carboxylic acid groups (broad SMARTS) is 1. The fraction of sp³-hybridized carbons (Fsp3) is 0.833. The van der Waals surface area contributed by atoms with Crippen LogP contribution in [0, 0.1) is 0 Å². The first-order chi connectivity index (χ1) is 8.29. The van der Waals surface area contributed by atoms with Gasteiger partial charge >= 0.3 is 12.1 Å². The van der Waals surface area contributed by atoms with Gasteiger partial charge in [-0.3, -0.25) is 4.79 Å². The van der Waals surface area contributed by atoms with Crippen molar-refractivity contribution < 1.29 is 19.4 Å². The summed E-state index contributed by atoms with van der Waals surface area (Å²) in [6.45, 7) is 9.14. The molecule has 5 nitrogen and oxygen atoms in total. The van der Waals surface area contributed by atoms with Crippen molar-refractivity contribution in [3.05, 3.63) is 0 Å². The predicted octanol–water partition coefficient (Wildman–Crippen LogP) is 2.92. The second-order valence-corrected chi connectivity index (χ2v) is 10.1. The van der Waals surface area contributed by atoms with E-state index in [9.17, 15) is 9.59 Å². The van der Waals surface area contributed by atoms with Gasteiger partial charge in [-0.2, -0.15) is 0 Å². The molecule has 0 bridgehead atoms. The van der Waals surface area contributed by atoms with Crippen LogP contribution in [0.4, 0.5) is 4.79 Å². The van der Waals surface area contributed by atoms with Gasteiger partial charge in [0.2, 0.25) is 0 Å². The Morgan fingerprint density at radius 3 is 2.22 bits per heavy atom. The van der Waals surface area contributed by atoms with Crippen LogP contribution in [0.2, 0.25) is 19.6 Å². The number of unbranched alkanes of at least 4 members (excludes halogenated alkanes) is 2. The molecule has 106 valence electrons. The molecule has 0 aromatic rings. The normalized spacial score (nSPS) is 11.1. The predicted molar refractivity (Wildman–Crippen MR) is 73.2 cm³/mol. The highest BCUT2D eigenvalue weighted by Crippen LogP contribution is 2.13. The van der Waals surface area contributed by atoms with E-state index in [1.54, 1.807) is 6.92 Å². The molecule has 0 saturated carbocycles. The number of ether oxygens (including phenoxy) is 1. The van der Waals surface area contributed by atoms with Crippen LogP contribution in [0.3, 0.4) is 0 Å². The molecule has 0 aromatic carbocycles. The molecule has 0 unspecified atom stereocenters. The molecule has 18 heavy (non-hydrogen) atoms. The minimum atomic E-state index is -1.73. The lowest BCUT2D eigenvalue weighted by atomic mass is 10.2. The van der Waals surface area contributed by atoms with Gasteiger partial charge in [-0.25, -0.2) is 4.79 Å². The quantitative estimate of drug-likeness (QED) is 0.546. The first kappa shape index (κ1) is 17.0. The zero-order valence-corrected chi connectivity index (χ0v) is 12.9. The van der Waals surface area contributed by atoms with E-state index in [2.05, 4.69) is 19.6 Å². The Kier molecular flexibility index (Phi) is 7.66. The Morgan fingerprint density at radius 2 is 1.78 bits per heavy atom. The van der Waals surface area contributed by atoms with Gasteiger partial charge in [0.1, 0.15) is 0 Å². The summed E-state index contributed by atoms with van der Waals surface area (Å²) < 4.78 is 6.88. The smallest absolute Gasteiger partial charge is 0.401 e. The minimum Gasteiger partial charge on any atom is -0.481 e. The van der Waals surface area contributed by atoms with Gasteiger partial charge in [0.15, 0.2) is 8.24 Å². The molecule has 0 heterocycles. The van der Waals surface area contributed by atoms with Crippen molar-refractivity contribution in [1.82, 2.24) is 4.57 Å². The molecule has 0 aromatic heterocycles. The number of aliphatic carboxylic acids is 1. The monoisotopic (exact) mass is 275 g/mol. The van der Waals surface area contributed by atoms with E-state index in [-0.39, 0.29) is 12.5 Å². The van der Waals surface area contributed by atoms with E-state index in [0.717, 1.165) is 12.8 Å². The molecule has 6 heteroatoms. The summed E-state index contributed by atoms with van der Waals surface area (Å²) in [6.07, 6.45) is 2.28. The molecule has 0 spiro atoms. The number of hydrogen-bond acceptors (Lipinski definition) is 3. The van der Waals surface area contributed by atoms with Crippen molar-refractivity contribution in [2.45, 2.75) is 52.2 Å². The molecule has 0 radical (unpaired) electrons. The van der Waals surface area contributed by atoms with Crippen LogP contribution >= 0.6 is 0 Å². The third-order valence-electron chi connectivity index (χ3n) is 2.57. The van der Waals surface area contributed by atoms with Crippen LogP contribution in [-0.4, -0.2) is 43.1 Å². The molecule has 0 aliphatic heterocycles. The number of carbonyl (C=O) groups excluding carboxylic acids is 1. The fourth-order valence-corrected chi connectivity index (χ4v) is 3.07. The lowest BCUT2D eigenvalue weighted by molar-refractivity contribution is -0.137. The summed E-state index contributed by atoms with van der Waals surface area (Å²) >= 11 is 0. The van der Waals surface area contributed by atoms with Crippen LogP contribution in [0.25, 0.3) is 0 Å². The summed E-state index contributed by atoms with van der Waals surface area (Å²) in [5.74, 6) is -0.762. The summed E-state index contributed by atoms with van der Waals surface area (Å²) in [5.41, 5.74) is 0.